The van der Waals surface area contributed by atoms with Crippen LogP contribution in [-0.4, -0.2) is 60.9 Å². The Morgan fingerprint density at radius 2 is 1.80 bits per heavy atom. The lowest BCUT2D eigenvalue weighted by molar-refractivity contribution is -0.132. The number of nitrogens with zero attached hydrogens (tertiary/aromatic N) is 2. The van der Waals surface area contributed by atoms with E-state index < -0.39 is 0 Å². The Balaban J connectivity index is 1.57. The summed E-state index contributed by atoms with van der Waals surface area (Å²) in [5.74, 6) is 0.188. The van der Waals surface area contributed by atoms with E-state index in [0.29, 0.717) is 19.4 Å². The monoisotopic (exact) mass is 345 g/mol. The van der Waals surface area contributed by atoms with Crippen molar-refractivity contribution in [1.82, 2.24) is 15.1 Å². The molecule has 0 bridgehead atoms. The molecule has 1 aliphatic heterocycles. The van der Waals surface area contributed by atoms with Gasteiger partial charge in [-0.2, -0.15) is 0 Å². The van der Waals surface area contributed by atoms with Crippen molar-refractivity contribution in [2.75, 3.05) is 39.3 Å². The minimum absolute atomic E-state index is 0.0391. The molecule has 1 fully saturated rings. The Labute approximate surface area is 151 Å². The van der Waals surface area contributed by atoms with Crippen LogP contribution in [0.25, 0.3) is 0 Å². The molecular weight excluding hydrogens is 314 g/mol. The number of carbonyl (C=O) groups excluding carboxylic acids is 2. The van der Waals surface area contributed by atoms with Gasteiger partial charge in [-0.25, -0.2) is 0 Å². The Hall–Kier alpha value is -1.88. The molecule has 0 aliphatic carbocycles. The third kappa shape index (κ3) is 6.50. The average Bonchev–Trinajstić information content (AvgIpc) is 2.63. The maximum atomic E-state index is 12.2. The number of nitrogens with one attached hydrogen (secondary N) is 1. The fourth-order valence-electron chi connectivity index (χ4n) is 3.20. The zero-order valence-corrected chi connectivity index (χ0v) is 15.6. The van der Waals surface area contributed by atoms with Crippen LogP contribution in [0, 0.1) is 6.92 Å². The van der Waals surface area contributed by atoms with Crippen molar-refractivity contribution in [3.05, 3.63) is 35.4 Å². The molecule has 0 unspecified atom stereocenters. The van der Waals surface area contributed by atoms with Gasteiger partial charge in [0, 0.05) is 45.6 Å². The molecule has 1 aromatic rings. The summed E-state index contributed by atoms with van der Waals surface area (Å²) in [6.45, 7) is 9.24. The molecule has 2 rings (SSSR count). The van der Waals surface area contributed by atoms with Crippen molar-refractivity contribution >= 4 is 11.8 Å². The van der Waals surface area contributed by atoms with Crippen LogP contribution in [0.4, 0.5) is 0 Å². The molecule has 25 heavy (non-hydrogen) atoms. The molecule has 1 N–H and O–H groups in total. The van der Waals surface area contributed by atoms with E-state index in [9.17, 15) is 9.59 Å². The second-order valence-electron chi connectivity index (χ2n) is 6.70. The van der Waals surface area contributed by atoms with Gasteiger partial charge in [-0.1, -0.05) is 31.2 Å². The van der Waals surface area contributed by atoms with E-state index in [4.69, 9.17) is 0 Å². The van der Waals surface area contributed by atoms with Gasteiger partial charge in [0.1, 0.15) is 0 Å². The van der Waals surface area contributed by atoms with Crippen LogP contribution < -0.4 is 5.32 Å². The van der Waals surface area contributed by atoms with Gasteiger partial charge in [-0.05, 0) is 37.4 Å². The zero-order chi connectivity index (χ0) is 18.1. The summed E-state index contributed by atoms with van der Waals surface area (Å²) in [6, 6.07) is 8.28. The van der Waals surface area contributed by atoms with Gasteiger partial charge in [0.25, 0.3) is 0 Å². The second-order valence-corrected chi connectivity index (χ2v) is 6.70. The molecule has 1 heterocycles. The predicted octanol–water partition coefficient (Wildman–Crippen LogP) is 1.99. The number of hydrogen-bond acceptors (Lipinski definition) is 3. The second kappa shape index (κ2) is 10.2. The number of benzene rings is 1. The Morgan fingerprint density at radius 3 is 2.48 bits per heavy atom. The number of carbonyl (C=O) groups is 2. The van der Waals surface area contributed by atoms with Gasteiger partial charge in [-0.15, -0.1) is 0 Å². The summed E-state index contributed by atoms with van der Waals surface area (Å²) < 4.78 is 0. The molecule has 5 nitrogen and oxygen atoms in total. The van der Waals surface area contributed by atoms with Crippen LogP contribution in [0.3, 0.4) is 0 Å². The molecule has 138 valence electrons. The highest BCUT2D eigenvalue weighted by molar-refractivity contribution is 5.79. The van der Waals surface area contributed by atoms with Crippen LogP contribution in [0.5, 0.6) is 0 Å². The van der Waals surface area contributed by atoms with Crippen molar-refractivity contribution in [3.8, 4) is 0 Å². The third-order valence-corrected chi connectivity index (χ3v) is 4.94. The molecule has 1 aliphatic rings. The molecule has 1 saturated heterocycles. The van der Waals surface area contributed by atoms with Gasteiger partial charge in [-0.3, -0.25) is 9.59 Å². The van der Waals surface area contributed by atoms with Crippen LogP contribution in [0.15, 0.2) is 24.3 Å². The van der Waals surface area contributed by atoms with E-state index >= 15 is 0 Å². The number of aryl methyl sites for hydroxylation is 2. The van der Waals surface area contributed by atoms with E-state index in [-0.39, 0.29) is 11.8 Å². The van der Waals surface area contributed by atoms with E-state index in [1.54, 1.807) is 0 Å². The average molecular weight is 345 g/mol. The normalized spacial score (nSPS) is 15.2. The van der Waals surface area contributed by atoms with Crippen LogP contribution in [-0.2, 0) is 16.0 Å². The first kappa shape index (κ1) is 19.4. The van der Waals surface area contributed by atoms with Gasteiger partial charge >= 0.3 is 0 Å². The molecule has 0 spiro atoms. The van der Waals surface area contributed by atoms with Crippen LogP contribution >= 0.6 is 0 Å². The van der Waals surface area contributed by atoms with Crippen molar-refractivity contribution in [2.45, 2.75) is 39.5 Å². The number of piperazine rings is 1. The highest BCUT2D eigenvalue weighted by atomic mass is 16.2. The van der Waals surface area contributed by atoms with Crippen LogP contribution in [0.1, 0.15) is 37.3 Å². The maximum absolute atomic E-state index is 12.2. The number of likely N-dealkylation sites (N-methyl/N-ethyl adjacent to an activating group) is 1. The summed E-state index contributed by atoms with van der Waals surface area (Å²) in [5.41, 5.74) is 2.58. The largest absolute Gasteiger partial charge is 0.356 e. The van der Waals surface area contributed by atoms with E-state index in [1.807, 2.05) is 17.0 Å². The van der Waals surface area contributed by atoms with Crippen LogP contribution in [0.2, 0.25) is 0 Å². The zero-order valence-electron chi connectivity index (χ0n) is 15.6. The minimum Gasteiger partial charge on any atom is -0.356 e. The molecule has 0 atom stereocenters. The SMILES string of the molecule is CCN1CCN(C(=O)CCNC(=O)CCCc2ccccc2C)CC1. The van der Waals surface area contributed by atoms with Crippen molar-refractivity contribution < 1.29 is 9.59 Å². The smallest absolute Gasteiger partial charge is 0.224 e. The first-order valence-corrected chi connectivity index (χ1v) is 9.41. The molecule has 2 amide bonds. The van der Waals surface area contributed by atoms with Gasteiger partial charge < -0.3 is 15.1 Å². The number of rotatable bonds is 8. The summed E-state index contributed by atoms with van der Waals surface area (Å²) in [4.78, 5) is 28.3. The first-order valence-electron chi connectivity index (χ1n) is 9.41. The van der Waals surface area contributed by atoms with Crippen molar-refractivity contribution in [2.24, 2.45) is 0 Å². The van der Waals surface area contributed by atoms with Crippen molar-refractivity contribution in [1.29, 1.82) is 0 Å². The van der Waals surface area contributed by atoms with E-state index in [2.05, 4.69) is 36.2 Å². The summed E-state index contributed by atoms with van der Waals surface area (Å²) in [6.07, 6.45) is 2.66. The summed E-state index contributed by atoms with van der Waals surface area (Å²) in [5, 5.41) is 2.88. The first-order chi connectivity index (χ1) is 12.1. The lowest BCUT2D eigenvalue weighted by Crippen LogP contribution is -2.49. The summed E-state index contributed by atoms with van der Waals surface area (Å²) >= 11 is 0. The van der Waals surface area contributed by atoms with E-state index in [1.165, 1.54) is 11.1 Å². The number of hydrogen-bond donors (Lipinski definition) is 1. The Morgan fingerprint density at radius 1 is 1.08 bits per heavy atom. The molecule has 0 aromatic heterocycles. The molecular formula is C20H31N3O2. The summed E-state index contributed by atoms with van der Waals surface area (Å²) in [7, 11) is 0. The fourth-order valence-corrected chi connectivity index (χ4v) is 3.20. The molecule has 5 heteroatoms. The Bertz CT molecular complexity index is 566. The van der Waals surface area contributed by atoms with E-state index in [0.717, 1.165) is 45.6 Å². The molecule has 0 radical (unpaired) electrons. The molecule has 1 aromatic carbocycles. The highest BCUT2D eigenvalue weighted by Gasteiger charge is 2.19. The highest BCUT2D eigenvalue weighted by Crippen LogP contribution is 2.10. The lowest BCUT2D eigenvalue weighted by Gasteiger charge is -2.34. The molecule has 0 saturated carbocycles. The maximum Gasteiger partial charge on any atom is 0.224 e. The topological polar surface area (TPSA) is 52.6 Å². The standard InChI is InChI=1S/C20H31N3O2/c1-3-22-13-15-23(16-14-22)20(25)11-12-21-19(24)10-6-9-18-8-5-4-7-17(18)2/h4-5,7-8H,3,6,9-16H2,1-2H3,(H,21,24). The predicted molar refractivity (Wildman–Crippen MR) is 100 cm³/mol. The minimum atomic E-state index is 0.0391. The quantitative estimate of drug-likeness (QED) is 0.784. The Kier molecular flexibility index (Phi) is 7.92. The van der Waals surface area contributed by atoms with Crippen molar-refractivity contribution in [3.63, 3.8) is 0 Å². The van der Waals surface area contributed by atoms with Gasteiger partial charge in [0.05, 0.1) is 0 Å². The fraction of sp³-hybridized carbons (Fsp3) is 0.600. The van der Waals surface area contributed by atoms with Gasteiger partial charge in [0.15, 0.2) is 0 Å². The number of amides is 2. The third-order valence-electron chi connectivity index (χ3n) is 4.94. The van der Waals surface area contributed by atoms with Gasteiger partial charge in [0.2, 0.25) is 11.8 Å². The lowest BCUT2D eigenvalue weighted by atomic mass is 10.0.